The summed E-state index contributed by atoms with van der Waals surface area (Å²) in [5.41, 5.74) is 0.729. The number of halogens is 1. The number of nitrogens with zero attached hydrogens (tertiary/aromatic N) is 1. The molecule has 2 rings (SSSR count). The van der Waals surface area contributed by atoms with Crippen molar-refractivity contribution in [3.63, 3.8) is 0 Å². The quantitative estimate of drug-likeness (QED) is 0.825. The normalized spacial score (nSPS) is 16.9. The van der Waals surface area contributed by atoms with Crippen LogP contribution in [0.15, 0.2) is 17.2 Å². The highest BCUT2D eigenvalue weighted by Crippen LogP contribution is 2.31. The number of H-pyrrole nitrogens is 1. The van der Waals surface area contributed by atoms with E-state index in [4.69, 9.17) is 11.6 Å². The van der Waals surface area contributed by atoms with E-state index >= 15 is 0 Å². The van der Waals surface area contributed by atoms with Gasteiger partial charge in [0.15, 0.2) is 0 Å². The van der Waals surface area contributed by atoms with Gasteiger partial charge in [-0.3, -0.25) is 0 Å². The van der Waals surface area contributed by atoms with Crippen LogP contribution in [0.3, 0.4) is 0 Å². The highest BCUT2D eigenvalue weighted by atomic mass is 35.5. The van der Waals surface area contributed by atoms with Crippen molar-refractivity contribution in [2.24, 2.45) is 0 Å². The molecule has 1 saturated carbocycles. The maximum Gasteiger partial charge on any atom is 0.244 e. The third kappa shape index (κ3) is 2.12. The van der Waals surface area contributed by atoms with Crippen LogP contribution < -0.4 is 0 Å². The molecule has 0 aliphatic heterocycles. The van der Waals surface area contributed by atoms with Gasteiger partial charge in [0, 0.05) is 24.5 Å². The lowest BCUT2D eigenvalue weighted by Gasteiger charge is -2.18. The molecule has 0 spiro atoms. The molecule has 1 N–H and O–H groups in total. The number of hydrogen-bond donors (Lipinski definition) is 1. The lowest BCUT2D eigenvalue weighted by atomic mass is 10.5. The maximum absolute atomic E-state index is 12.2. The van der Waals surface area contributed by atoms with Crippen LogP contribution in [-0.2, 0) is 15.9 Å². The number of nitrogens with one attached hydrogen (secondary N) is 1. The van der Waals surface area contributed by atoms with E-state index in [1.165, 1.54) is 6.20 Å². The number of hydrogen-bond acceptors (Lipinski definition) is 2. The monoisotopic (exact) mass is 262 g/mol. The van der Waals surface area contributed by atoms with Crippen molar-refractivity contribution < 1.29 is 8.42 Å². The number of sulfonamides is 1. The molecule has 0 bridgehead atoms. The summed E-state index contributed by atoms with van der Waals surface area (Å²) in [4.78, 5) is 3.18. The summed E-state index contributed by atoms with van der Waals surface area (Å²) in [5, 5.41) is 0. The van der Waals surface area contributed by atoms with E-state index in [1.807, 2.05) is 6.92 Å². The second-order valence-corrected chi connectivity index (χ2v) is 6.09. The Balaban J connectivity index is 2.29. The Hall–Kier alpha value is -0.520. The van der Waals surface area contributed by atoms with Gasteiger partial charge in [-0.1, -0.05) is 6.92 Å². The number of rotatable bonds is 5. The van der Waals surface area contributed by atoms with Gasteiger partial charge in [-0.25, -0.2) is 8.42 Å². The van der Waals surface area contributed by atoms with E-state index < -0.39 is 10.0 Å². The molecule has 1 aliphatic carbocycles. The van der Waals surface area contributed by atoms with Crippen molar-refractivity contribution in [3.8, 4) is 0 Å². The van der Waals surface area contributed by atoms with E-state index in [0.29, 0.717) is 17.3 Å². The molecule has 1 aromatic rings. The van der Waals surface area contributed by atoms with Crippen LogP contribution >= 0.6 is 11.6 Å². The molecule has 0 saturated heterocycles. The van der Waals surface area contributed by atoms with Crippen LogP contribution in [0.2, 0.25) is 0 Å². The van der Waals surface area contributed by atoms with Crippen LogP contribution in [0.1, 0.15) is 25.5 Å². The Morgan fingerprint density at radius 2 is 2.25 bits per heavy atom. The maximum atomic E-state index is 12.2. The van der Waals surface area contributed by atoms with Crippen LogP contribution in [0, 0.1) is 0 Å². The van der Waals surface area contributed by atoms with Crippen molar-refractivity contribution in [1.29, 1.82) is 0 Å². The predicted octanol–water partition coefficient (Wildman–Crippen LogP) is 1.93. The van der Waals surface area contributed by atoms with Gasteiger partial charge in [0.25, 0.3) is 0 Å². The molecular weight excluding hydrogens is 248 g/mol. The minimum Gasteiger partial charge on any atom is -0.363 e. The Labute approximate surface area is 101 Å². The molecule has 0 unspecified atom stereocenters. The summed E-state index contributed by atoms with van der Waals surface area (Å²) in [6, 6.07) is 1.80. The van der Waals surface area contributed by atoms with Gasteiger partial charge in [-0.15, -0.1) is 11.6 Å². The summed E-state index contributed by atoms with van der Waals surface area (Å²) in [7, 11) is -3.33. The average molecular weight is 263 g/mol. The molecule has 0 atom stereocenters. The zero-order valence-electron chi connectivity index (χ0n) is 9.11. The Morgan fingerprint density at radius 1 is 1.56 bits per heavy atom. The second-order valence-electron chi connectivity index (χ2n) is 3.93. The van der Waals surface area contributed by atoms with E-state index in [9.17, 15) is 8.42 Å². The summed E-state index contributed by atoms with van der Waals surface area (Å²) in [6.45, 7) is 2.39. The first-order valence-electron chi connectivity index (χ1n) is 5.34. The number of aromatic nitrogens is 1. The third-order valence-corrected chi connectivity index (χ3v) is 5.03. The predicted molar refractivity (Wildman–Crippen MR) is 62.9 cm³/mol. The Bertz CT molecular complexity index is 465. The van der Waals surface area contributed by atoms with Gasteiger partial charge in [0.2, 0.25) is 10.0 Å². The smallest absolute Gasteiger partial charge is 0.244 e. The van der Waals surface area contributed by atoms with E-state index in [-0.39, 0.29) is 6.04 Å². The zero-order chi connectivity index (χ0) is 11.8. The number of aromatic amines is 1. The summed E-state index contributed by atoms with van der Waals surface area (Å²) in [5.74, 6) is 0.297. The molecule has 0 amide bonds. The van der Waals surface area contributed by atoms with Gasteiger partial charge in [-0.05, 0) is 18.9 Å². The van der Waals surface area contributed by atoms with Crippen molar-refractivity contribution in [1.82, 2.24) is 9.29 Å². The fourth-order valence-corrected chi connectivity index (χ4v) is 3.63. The summed E-state index contributed by atoms with van der Waals surface area (Å²) < 4.78 is 26.0. The van der Waals surface area contributed by atoms with E-state index in [2.05, 4.69) is 4.98 Å². The fourth-order valence-electron chi connectivity index (χ4n) is 1.77. The van der Waals surface area contributed by atoms with Gasteiger partial charge < -0.3 is 4.98 Å². The zero-order valence-corrected chi connectivity index (χ0v) is 10.7. The molecule has 1 fully saturated rings. The third-order valence-electron chi connectivity index (χ3n) is 2.73. The van der Waals surface area contributed by atoms with E-state index in [0.717, 1.165) is 18.5 Å². The molecule has 4 nitrogen and oxygen atoms in total. The molecular formula is C10H15ClN2O2S. The minimum absolute atomic E-state index is 0.198. The molecule has 6 heteroatoms. The first-order valence-corrected chi connectivity index (χ1v) is 7.32. The molecule has 1 aliphatic rings. The molecule has 1 aromatic heterocycles. The molecule has 16 heavy (non-hydrogen) atoms. The van der Waals surface area contributed by atoms with Crippen LogP contribution in [0.5, 0.6) is 0 Å². The highest BCUT2D eigenvalue weighted by molar-refractivity contribution is 7.89. The van der Waals surface area contributed by atoms with Crippen molar-refractivity contribution in [3.05, 3.63) is 18.0 Å². The summed E-state index contributed by atoms with van der Waals surface area (Å²) >= 11 is 5.64. The molecule has 0 radical (unpaired) electrons. The van der Waals surface area contributed by atoms with Gasteiger partial charge in [-0.2, -0.15) is 4.31 Å². The Kier molecular flexibility index (Phi) is 3.28. The standard InChI is InChI=1S/C10H15ClN2O2S/c1-2-13(9-3-4-9)16(14,15)10-5-8(6-11)12-7-10/h5,7,9,12H,2-4,6H2,1H3. The summed E-state index contributed by atoms with van der Waals surface area (Å²) in [6.07, 6.45) is 3.46. The molecule has 1 heterocycles. The first-order chi connectivity index (χ1) is 7.59. The highest BCUT2D eigenvalue weighted by Gasteiger charge is 2.37. The van der Waals surface area contributed by atoms with E-state index in [1.54, 1.807) is 10.4 Å². The fraction of sp³-hybridized carbons (Fsp3) is 0.600. The van der Waals surface area contributed by atoms with Crippen molar-refractivity contribution >= 4 is 21.6 Å². The van der Waals surface area contributed by atoms with Crippen molar-refractivity contribution in [2.75, 3.05) is 6.54 Å². The largest absolute Gasteiger partial charge is 0.363 e. The lowest BCUT2D eigenvalue weighted by Crippen LogP contribution is -2.32. The lowest BCUT2D eigenvalue weighted by molar-refractivity contribution is 0.421. The van der Waals surface area contributed by atoms with Gasteiger partial charge in [0.1, 0.15) is 0 Å². The van der Waals surface area contributed by atoms with Gasteiger partial charge >= 0.3 is 0 Å². The Morgan fingerprint density at radius 3 is 2.69 bits per heavy atom. The SMILES string of the molecule is CCN(C1CC1)S(=O)(=O)c1c[nH]c(CCl)c1. The van der Waals surface area contributed by atoms with Crippen LogP contribution in [0.25, 0.3) is 0 Å². The second kappa shape index (κ2) is 4.39. The average Bonchev–Trinajstić information content (AvgIpc) is 2.95. The van der Waals surface area contributed by atoms with Crippen molar-refractivity contribution in [2.45, 2.75) is 36.6 Å². The van der Waals surface area contributed by atoms with Gasteiger partial charge in [0.05, 0.1) is 10.8 Å². The molecule has 90 valence electrons. The number of alkyl halides is 1. The first kappa shape index (κ1) is 12.0. The topological polar surface area (TPSA) is 53.2 Å². The minimum atomic E-state index is -3.33. The molecule has 0 aromatic carbocycles. The van der Waals surface area contributed by atoms with Crippen LogP contribution in [0.4, 0.5) is 0 Å². The van der Waals surface area contributed by atoms with Crippen LogP contribution in [-0.4, -0.2) is 30.3 Å².